The first-order valence-electron chi connectivity index (χ1n) is 4.15. The number of thioether (sulfide) groups is 1. The summed E-state index contributed by atoms with van der Waals surface area (Å²) in [5, 5.41) is -2.18. The maximum atomic E-state index is 13.0. The lowest BCUT2D eigenvalue weighted by molar-refractivity contribution is -0.0927. The molecular weight excluding hydrogens is 303 g/mol. The van der Waals surface area contributed by atoms with E-state index in [0.29, 0.717) is 0 Å². The second-order valence-electron chi connectivity index (χ2n) is 3.07. The average molecular weight is 308 g/mol. The van der Waals surface area contributed by atoms with Crippen LogP contribution in [0, 0.1) is 0 Å². The van der Waals surface area contributed by atoms with Gasteiger partial charge in [-0.05, 0) is 36.0 Å². The Labute approximate surface area is 103 Å². The monoisotopic (exact) mass is 308 g/mol. The van der Waals surface area contributed by atoms with Gasteiger partial charge in [-0.1, -0.05) is 3.89 Å². The zero-order valence-electron chi connectivity index (χ0n) is 8.28. The average Bonchev–Trinajstić information content (AvgIpc) is 2.19. The van der Waals surface area contributed by atoms with Gasteiger partial charge in [-0.15, -0.1) is 0 Å². The molecule has 0 unspecified atom stereocenters. The van der Waals surface area contributed by atoms with E-state index in [1.54, 1.807) is 0 Å². The van der Waals surface area contributed by atoms with Crippen molar-refractivity contribution >= 4 is 22.0 Å². The number of phenolic OH excluding ortho intramolecular Hbond substituents is 1. The summed E-state index contributed by atoms with van der Waals surface area (Å²) in [5.41, 5.74) is 0. The highest BCUT2D eigenvalue weighted by Gasteiger charge is 2.67. The maximum Gasteiger partial charge on any atom is 0.446 e. The highest BCUT2D eigenvalue weighted by molar-refractivity contribution is 8.01. The fourth-order valence-corrected chi connectivity index (χ4v) is 2.26. The van der Waals surface area contributed by atoms with E-state index in [4.69, 9.17) is 5.11 Å². The van der Waals surface area contributed by atoms with E-state index >= 15 is 0 Å². The number of hydrogen-bond donors (Lipinski definition) is 1. The van der Waals surface area contributed by atoms with Crippen molar-refractivity contribution in [2.24, 2.45) is 0 Å². The smallest absolute Gasteiger partial charge is 0.446 e. The van der Waals surface area contributed by atoms with Crippen molar-refractivity contribution in [1.29, 1.82) is 0 Å². The van der Waals surface area contributed by atoms with Crippen molar-refractivity contribution in [2.75, 3.05) is 0 Å². The Morgan fingerprint density at radius 3 is 1.89 bits per heavy atom. The highest BCUT2D eigenvalue weighted by atomic mass is 32.3. The second-order valence-corrected chi connectivity index (χ2v) is 5.64. The maximum absolute atomic E-state index is 13.0. The van der Waals surface area contributed by atoms with Gasteiger partial charge in [0.15, 0.2) is 0 Å². The molecule has 1 aromatic carbocycles. The van der Waals surface area contributed by atoms with Crippen LogP contribution in [-0.2, 0) is 10.2 Å². The van der Waals surface area contributed by atoms with Crippen LogP contribution in [0.5, 0.6) is 5.75 Å². The molecule has 0 amide bonds. The van der Waals surface area contributed by atoms with Crippen molar-refractivity contribution in [2.45, 2.75) is 15.4 Å². The molecule has 0 aliphatic carbocycles. The largest absolute Gasteiger partial charge is 0.508 e. The molecule has 0 aliphatic rings. The molecule has 1 N–H and O–H groups in total. The first-order chi connectivity index (χ1) is 7.97. The number of aromatic hydroxyl groups is 1. The molecule has 1 aromatic rings. The first-order valence-corrected chi connectivity index (χ1v) is 6.35. The predicted molar refractivity (Wildman–Crippen MR) is 53.9 cm³/mol. The molecular formula is C8H5F5O3S2. The molecule has 0 bridgehead atoms. The molecule has 0 spiro atoms. The van der Waals surface area contributed by atoms with Crippen LogP contribution in [0.25, 0.3) is 0 Å². The first kappa shape index (κ1) is 15.0. The van der Waals surface area contributed by atoms with Gasteiger partial charge in [0.1, 0.15) is 5.75 Å². The highest BCUT2D eigenvalue weighted by Crippen LogP contribution is 2.49. The Morgan fingerprint density at radius 2 is 1.50 bits per heavy atom. The van der Waals surface area contributed by atoms with Crippen LogP contribution in [0.15, 0.2) is 29.2 Å². The van der Waals surface area contributed by atoms with Gasteiger partial charge in [0, 0.05) is 4.90 Å². The lowest BCUT2D eigenvalue weighted by Crippen LogP contribution is -2.42. The summed E-state index contributed by atoms with van der Waals surface area (Å²) in [6.07, 6.45) is 0. The summed E-state index contributed by atoms with van der Waals surface area (Å²) in [6.45, 7) is 0. The zero-order chi connectivity index (χ0) is 14.2. The Bertz CT molecular complexity index is 526. The minimum Gasteiger partial charge on any atom is -0.508 e. The number of alkyl halides is 4. The Hall–Kier alpha value is -1.03. The fraction of sp³-hybridized carbons (Fsp3) is 0.250. The van der Waals surface area contributed by atoms with Crippen molar-refractivity contribution < 1.29 is 35.0 Å². The summed E-state index contributed by atoms with van der Waals surface area (Å²) in [4.78, 5) is -0.457. The van der Waals surface area contributed by atoms with Crippen molar-refractivity contribution in [3.63, 3.8) is 0 Å². The van der Waals surface area contributed by atoms with Crippen LogP contribution in [-0.4, -0.2) is 24.0 Å². The minimum absolute atomic E-state index is 0.299. The zero-order valence-corrected chi connectivity index (χ0v) is 9.91. The van der Waals surface area contributed by atoms with E-state index < -0.39 is 37.4 Å². The van der Waals surface area contributed by atoms with Gasteiger partial charge < -0.3 is 5.11 Å². The minimum atomic E-state index is -6.74. The van der Waals surface area contributed by atoms with Gasteiger partial charge in [0.2, 0.25) is 0 Å². The predicted octanol–water partition coefficient (Wildman–Crippen LogP) is 2.97. The van der Waals surface area contributed by atoms with E-state index in [1.165, 1.54) is 0 Å². The Morgan fingerprint density at radius 1 is 1.06 bits per heavy atom. The number of rotatable bonds is 4. The number of hydrogen-bond acceptors (Lipinski definition) is 4. The van der Waals surface area contributed by atoms with Crippen LogP contribution < -0.4 is 0 Å². The molecule has 0 heterocycles. The van der Waals surface area contributed by atoms with E-state index in [1.807, 2.05) is 0 Å². The van der Waals surface area contributed by atoms with Gasteiger partial charge >= 0.3 is 20.7 Å². The van der Waals surface area contributed by atoms with Gasteiger partial charge in [-0.25, -0.2) is 0 Å². The number of halogens is 5. The molecule has 0 atom stereocenters. The molecule has 0 aliphatic heterocycles. The van der Waals surface area contributed by atoms with Crippen LogP contribution in [0.3, 0.4) is 0 Å². The lowest BCUT2D eigenvalue weighted by atomic mass is 10.3. The molecule has 0 radical (unpaired) electrons. The van der Waals surface area contributed by atoms with E-state index in [0.717, 1.165) is 24.3 Å². The molecule has 0 aromatic heterocycles. The van der Waals surface area contributed by atoms with Crippen LogP contribution in [0.2, 0.25) is 0 Å². The van der Waals surface area contributed by atoms with Gasteiger partial charge in [0.25, 0.3) is 0 Å². The van der Waals surface area contributed by atoms with Gasteiger partial charge in [-0.2, -0.15) is 26.0 Å². The summed E-state index contributed by atoms with van der Waals surface area (Å²) in [6, 6.07) is 3.57. The van der Waals surface area contributed by atoms with Crippen LogP contribution in [0.1, 0.15) is 0 Å². The molecule has 10 heteroatoms. The molecule has 3 nitrogen and oxygen atoms in total. The SMILES string of the molecule is O=S(=O)(F)C(F)(F)C(F)(F)Sc1ccc(O)cc1. The van der Waals surface area contributed by atoms with Crippen LogP contribution >= 0.6 is 11.8 Å². The molecule has 102 valence electrons. The second kappa shape index (κ2) is 4.57. The standard InChI is InChI=1S/C8H5F5O3S2/c9-7(10,8(11,12)18(13,15)16)17-6-3-1-5(14)2-4-6/h1-4,14H. The summed E-state index contributed by atoms with van der Waals surface area (Å²) >= 11 is -0.825. The van der Waals surface area contributed by atoms with E-state index in [-0.39, 0.29) is 5.75 Å². The Kier molecular flexibility index (Phi) is 3.82. The topological polar surface area (TPSA) is 54.4 Å². The van der Waals surface area contributed by atoms with E-state index in [2.05, 4.69) is 0 Å². The van der Waals surface area contributed by atoms with Crippen LogP contribution in [0.4, 0.5) is 21.4 Å². The molecule has 0 saturated carbocycles. The third-order valence-electron chi connectivity index (χ3n) is 1.73. The summed E-state index contributed by atoms with van der Waals surface area (Å²) in [5.74, 6) is -0.299. The van der Waals surface area contributed by atoms with Crippen molar-refractivity contribution in [1.82, 2.24) is 0 Å². The third kappa shape index (κ3) is 2.86. The lowest BCUT2D eigenvalue weighted by Gasteiger charge is -2.22. The Balaban J connectivity index is 3.05. The molecule has 0 saturated heterocycles. The van der Waals surface area contributed by atoms with Crippen molar-refractivity contribution in [3.05, 3.63) is 24.3 Å². The number of benzene rings is 1. The summed E-state index contributed by atoms with van der Waals surface area (Å²) < 4.78 is 83.5. The van der Waals surface area contributed by atoms with Gasteiger partial charge in [-0.3, -0.25) is 0 Å². The quantitative estimate of drug-likeness (QED) is 0.528. The number of phenols is 1. The normalized spacial score (nSPS) is 13.6. The van der Waals surface area contributed by atoms with Crippen molar-refractivity contribution in [3.8, 4) is 5.75 Å². The van der Waals surface area contributed by atoms with Gasteiger partial charge in [0.05, 0.1) is 0 Å². The molecule has 1 rings (SSSR count). The third-order valence-corrected chi connectivity index (χ3v) is 3.75. The fourth-order valence-electron chi connectivity index (χ4n) is 0.864. The molecule has 18 heavy (non-hydrogen) atoms. The summed E-state index contributed by atoms with van der Waals surface area (Å²) in [7, 11) is -6.74. The molecule has 0 fully saturated rings. The van der Waals surface area contributed by atoms with E-state index in [9.17, 15) is 29.9 Å².